The van der Waals surface area contributed by atoms with Crippen molar-refractivity contribution in [1.29, 1.82) is 0 Å². The number of rotatable bonds is 5. The summed E-state index contributed by atoms with van der Waals surface area (Å²) in [5.74, 6) is 0.537. The van der Waals surface area contributed by atoms with Gasteiger partial charge in [0.2, 0.25) is 0 Å². The van der Waals surface area contributed by atoms with Gasteiger partial charge in [-0.25, -0.2) is 4.98 Å². The van der Waals surface area contributed by atoms with E-state index in [4.69, 9.17) is 0 Å². The maximum Gasteiger partial charge on any atom is 0.194 e. The van der Waals surface area contributed by atoms with Gasteiger partial charge in [-0.15, -0.1) is 11.3 Å². The standard InChI is InChI=1S/C12H17N3OS/c1-8-10(15-4-5-17-12(15)14-8)6-13-7-11(16)9-2-3-9/h4-5,9,11,13,16H,2-3,6-7H2,1H3. The fraction of sp³-hybridized carbons (Fsp3) is 0.583. The number of nitrogens with one attached hydrogen (secondary N) is 1. The summed E-state index contributed by atoms with van der Waals surface area (Å²) in [5.41, 5.74) is 2.27. The summed E-state index contributed by atoms with van der Waals surface area (Å²) >= 11 is 1.65. The number of hydrogen-bond donors (Lipinski definition) is 2. The molecule has 2 heterocycles. The molecule has 2 N–H and O–H groups in total. The summed E-state index contributed by atoms with van der Waals surface area (Å²) in [7, 11) is 0. The van der Waals surface area contributed by atoms with E-state index in [2.05, 4.69) is 14.7 Å². The van der Waals surface area contributed by atoms with Gasteiger partial charge in [0.05, 0.1) is 17.5 Å². The smallest absolute Gasteiger partial charge is 0.194 e. The first-order valence-corrected chi connectivity index (χ1v) is 6.93. The molecule has 17 heavy (non-hydrogen) atoms. The van der Waals surface area contributed by atoms with E-state index in [1.54, 1.807) is 11.3 Å². The van der Waals surface area contributed by atoms with Gasteiger partial charge < -0.3 is 10.4 Å². The van der Waals surface area contributed by atoms with Gasteiger partial charge in [-0.2, -0.15) is 0 Å². The van der Waals surface area contributed by atoms with Crippen LogP contribution in [0.4, 0.5) is 0 Å². The first-order valence-electron chi connectivity index (χ1n) is 6.05. The molecule has 1 atom stereocenters. The molecular weight excluding hydrogens is 234 g/mol. The Morgan fingerprint density at radius 3 is 3.24 bits per heavy atom. The largest absolute Gasteiger partial charge is 0.392 e. The molecule has 0 bridgehead atoms. The molecule has 4 nitrogen and oxygen atoms in total. The van der Waals surface area contributed by atoms with Gasteiger partial charge in [0.15, 0.2) is 4.96 Å². The van der Waals surface area contributed by atoms with Crippen molar-refractivity contribution in [2.24, 2.45) is 5.92 Å². The third-order valence-electron chi connectivity index (χ3n) is 3.37. The molecule has 1 aliphatic rings. The minimum absolute atomic E-state index is 0.179. The predicted octanol–water partition coefficient (Wildman–Crippen LogP) is 1.56. The van der Waals surface area contributed by atoms with Crippen molar-refractivity contribution in [2.45, 2.75) is 32.4 Å². The first-order chi connectivity index (χ1) is 8.25. The lowest BCUT2D eigenvalue weighted by Crippen LogP contribution is -2.28. The number of fused-ring (bicyclic) bond motifs is 1. The fourth-order valence-electron chi connectivity index (χ4n) is 2.14. The monoisotopic (exact) mass is 251 g/mol. The zero-order valence-corrected chi connectivity index (χ0v) is 10.7. The second-order valence-electron chi connectivity index (χ2n) is 4.74. The molecule has 1 unspecified atom stereocenters. The lowest BCUT2D eigenvalue weighted by molar-refractivity contribution is 0.148. The van der Waals surface area contributed by atoms with Gasteiger partial charge in [0, 0.05) is 24.7 Å². The number of aliphatic hydroxyl groups excluding tert-OH is 1. The molecule has 1 saturated carbocycles. The average molecular weight is 251 g/mol. The topological polar surface area (TPSA) is 49.6 Å². The Hall–Kier alpha value is -0.910. The van der Waals surface area contributed by atoms with E-state index in [1.165, 1.54) is 18.5 Å². The maximum absolute atomic E-state index is 9.78. The Morgan fingerprint density at radius 2 is 2.47 bits per heavy atom. The minimum atomic E-state index is -0.179. The molecule has 0 aliphatic heterocycles. The summed E-state index contributed by atoms with van der Waals surface area (Å²) < 4.78 is 2.12. The number of aromatic nitrogens is 2. The van der Waals surface area contributed by atoms with Gasteiger partial charge >= 0.3 is 0 Å². The summed E-state index contributed by atoms with van der Waals surface area (Å²) in [5, 5.41) is 15.1. The molecule has 0 saturated heterocycles. The van der Waals surface area contributed by atoms with Crippen molar-refractivity contribution in [3.63, 3.8) is 0 Å². The summed E-state index contributed by atoms with van der Waals surface area (Å²) in [6.45, 7) is 3.49. The third kappa shape index (κ3) is 2.22. The van der Waals surface area contributed by atoms with Gasteiger partial charge in [-0.1, -0.05) is 0 Å². The fourth-order valence-corrected chi connectivity index (χ4v) is 2.92. The zero-order chi connectivity index (χ0) is 11.8. The average Bonchev–Trinajstić information content (AvgIpc) is 2.99. The van der Waals surface area contributed by atoms with Gasteiger partial charge in [0.25, 0.3) is 0 Å². The summed E-state index contributed by atoms with van der Waals surface area (Å²) in [6, 6.07) is 0. The Labute approximate surface area is 104 Å². The predicted molar refractivity (Wildman–Crippen MR) is 68.2 cm³/mol. The molecule has 5 heteroatoms. The van der Waals surface area contributed by atoms with Gasteiger partial charge in [0.1, 0.15) is 0 Å². The van der Waals surface area contributed by atoms with Crippen LogP contribution in [-0.4, -0.2) is 27.1 Å². The Morgan fingerprint density at radius 1 is 1.65 bits per heavy atom. The van der Waals surface area contributed by atoms with Crippen LogP contribution in [0.25, 0.3) is 4.96 Å². The number of nitrogens with zero attached hydrogens (tertiary/aromatic N) is 2. The molecule has 1 fully saturated rings. The molecule has 2 aromatic rings. The molecule has 1 aliphatic carbocycles. The molecule has 92 valence electrons. The van der Waals surface area contributed by atoms with E-state index in [0.717, 1.165) is 17.2 Å². The van der Waals surface area contributed by atoms with Crippen LogP contribution >= 0.6 is 11.3 Å². The number of aliphatic hydroxyl groups is 1. The molecule has 0 amide bonds. The van der Waals surface area contributed by atoms with Crippen molar-refractivity contribution in [3.05, 3.63) is 23.0 Å². The zero-order valence-electron chi connectivity index (χ0n) is 9.89. The third-order valence-corrected chi connectivity index (χ3v) is 4.13. The number of imidazole rings is 1. The molecule has 0 aromatic carbocycles. The van der Waals surface area contributed by atoms with E-state index in [9.17, 15) is 5.11 Å². The van der Waals surface area contributed by atoms with E-state index in [1.807, 2.05) is 18.5 Å². The Kier molecular flexibility index (Phi) is 2.90. The summed E-state index contributed by atoms with van der Waals surface area (Å²) in [6.07, 6.45) is 4.24. The van der Waals surface area contributed by atoms with Crippen LogP contribution in [-0.2, 0) is 6.54 Å². The van der Waals surface area contributed by atoms with E-state index >= 15 is 0 Å². The summed E-state index contributed by atoms with van der Waals surface area (Å²) in [4.78, 5) is 5.54. The van der Waals surface area contributed by atoms with Crippen LogP contribution in [0.3, 0.4) is 0 Å². The Bertz CT molecular complexity index is 515. The maximum atomic E-state index is 9.78. The van der Waals surface area contributed by atoms with Crippen LogP contribution in [0.15, 0.2) is 11.6 Å². The van der Waals surface area contributed by atoms with E-state index in [0.29, 0.717) is 12.5 Å². The second-order valence-corrected chi connectivity index (χ2v) is 5.61. The second kappa shape index (κ2) is 4.40. The van der Waals surface area contributed by atoms with E-state index < -0.39 is 0 Å². The highest BCUT2D eigenvalue weighted by Crippen LogP contribution is 2.32. The van der Waals surface area contributed by atoms with Crippen molar-refractivity contribution in [1.82, 2.24) is 14.7 Å². The molecule has 2 aromatic heterocycles. The van der Waals surface area contributed by atoms with Crippen LogP contribution < -0.4 is 5.32 Å². The molecule has 0 spiro atoms. The number of thiazole rings is 1. The number of aryl methyl sites for hydroxylation is 1. The van der Waals surface area contributed by atoms with E-state index in [-0.39, 0.29) is 6.10 Å². The molecule has 0 radical (unpaired) electrons. The van der Waals surface area contributed by atoms with Crippen LogP contribution in [0, 0.1) is 12.8 Å². The van der Waals surface area contributed by atoms with Crippen LogP contribution in [0.2, 0.25) is 0 Å². The highest BCUT2D eigenvalue weighted by Gasteiger charge is 2.29. The van der Waals surface area contributed by atoms with Crippen molar-refractivity contribution >= 4 is 16.3 Å². The number of hydrogen-bond acceptors (Lipinski definition) is 4. The Balaban J connectivity index is 1.63. The SMILES string of the molecule is Cc1nc2sccn2c1CNCC(O)C1CC1. The first kappa shape index (κ1) is 11.2. The lowest BCUT2D eigenvalue weighted by Gasteiger charge is -2.10. The molecule has 3 rings (SSSR count). The van der Waals surface area contributed by atoms with Gasteiger partial charge in [-0.3, -0.25) is 4.40 Å². The molecular formula is C12H17N3OS. The van der Waals surface area contributed by atoms with Crippen LogP contribution in [0.5, 0.6) is 0 Å². The minimum Gasteiger partial charge on any atom is -0.392 e. The van der Waals surface area contributed by atoms with Crippen molar-refractivity contribution in [3.8, 4) is 0 Å². The highest BCUT2D eigenvalue weighted by molar-refractivity contribution is 7.15. The van der Waals surface area contributed by atoms with Crippen molar-refractivity contribution in [2.75, 3.05) is 6.54 Å². The van der Waals surface area contributed by atoms with Crippen LogP contribution in [0.1, 0.15) is 24.2 Å². The van der Waals surface area contributed by atoms with Crippen molar-refractivity contribution < 1.29 is 5.11 Å². The highest BCUT2D eigenvalue weighted by atomic mass is 32.1. The van der Waals surface area contributed by atoms with Gasteiger partial charge in [-0.05, 0) is 25.7 Å². The normalized spacial score (nSPS) is 17.8. The lowest BCUT2D eigenvalue weighted by atomic mass is 10.2. The quantitative estimate of drug-likeness (QED) is 0.848.